The van der Waals surface area contributed by atoms with Crippen LogP contribution in [0.5, 0.6) is 0 Å². The molecule has 1 aromatic carbocycles. The summed E-state index contributed by atoms with van der Waals surface area (Å²) in [6, 6.07) is 4.76. The van der Waals surface area contributed by atoms with Crippen molar-refractivity contribution in [3.05, 3.63) is 58.0 Å². The summed E-state index contributed by atoms with van der Waals surface area (Å²) in [5.41, 5.74) is -0.966. The lowest BCUT2D eigenvalue weighted by atomic mass is 10.1. The van der Waals surface area contributed by atoms with Gasteiger partial charge in [0.25, 0.3) is 5.69 Å². The zero-order chi connectivity index (χ0) is 15.4. The van der Waals surface area contributed by atoms with E-state index in [1.165, 1.54) is 0 Å². The summed E-state index contributed by atoms with van der Waals surface area (Å²) in [5, 5.41) is 13.2. The molecule has 1 atom stereocenters. The maximum absolute atomic E-state index is 13.7. The smallest absolute Gasteiger partial charge is 0.275 e. The van der Waals surface area contributed by atoms with E-state index in [1.807, 2.05) is 6.07 Å². The Hall–Kier alpha value is -2.44. The number of nitrogens with zero attached hydrogens (tertiary/aromatic N) is 1. The molecular weight excluding hydrogens is 282 g/mol. The Morgan fingerprint density at radius 1 is 1.38 bits per heavy atom. The molecule has 0 aliphatic carbocycles. The molecule has 0 radical (unpaired) electrons. The van der Waals surface area contributed by atoms with Crippen molar-refractivity contribution in [2.75, 3.05) is 5.32 Å². The quantitative estimate of drug-likeness (QED) is 0.648. The first-order chi connectivity index (χ1) is 9.97. The molecule has 7 heteroatoms. The third-order valence-corrected chi connectivity index (χ3v) is 3.03. The Kier molecular flexibility index (Phi) is 4.52. The maximum atomic E-state index is 13.7. The van der Waals surface area contributed by atoms with E-state index in [1.54, 1.807) is 19.3 Å². The molecule has 0 spiro atoms. The SMILES string of the molecule is CC(CCc1ccco1)Nc1c(F)cc([N+](=O)[O-])cc1F. The molecule has 1 N–H and O–H groups in total. The third-order valence-electron chi connectivity index (χ3n) is 3.03. The van der Waals surface area contributed by atoms with Crippen LogP contribution in [0.1, 0.15) is 19.1 Å². The van der Waals surface area contributed by atoms with Crippen molar-refractivity contribution in [3.8, 4) is 0 Å². The van der Waals surface area contributed by atoms with Crippen molar-refractivity contribution in [3.63, 3.8) is 0 Å². The number of nitro groups is 1. The number of rotatable bonds is 6. The number of nitro benzene ring substituents is 1. The Labute approximate surface area is 119 Å². The second-order valence-corrected chi connectivity index (χ2v) is 4.70. The van der Waals surface area contributed by atoms with Crippen molar-refractivity contribution in [2.24, 2.45) is 0 Å². The van der Waals surface area contributed by atoms with E-state index in [9.17, 15) is 18.9 Å². The fourth-order valence-electron chi connectivity index (χ4n) is 1.94. The van der Waals surface area contributed by atoms with Crippen LogP contribution in [0.2, 0.25) is 0 Å². The fourth-order valence-corrected chi connectivity index (χ4v) is 1.94. The molecular formula is C14H14F2N2O3. The van der Waals surface area contributed by atoms with Gasteiger partial charge in [-0.3, -0.25) is 10.1 Å². The summed E-state index contributed by atoms with van der Waals surface area (Å²) in [6.07, 6.45) is 2.78. The van der Waals surface area contributed by atoms with Gasteiger partial charge in [0.05, 0.1) is 23.3 Å². The topological polar surface area (TPSA) is 68.3 Å². The van der Waals surface area contributed by atoms with Crippen molar-refractivity contribution >= 4 is 11.4 Å². The highest BCUT2D eigenvalue weighted by Gasteiger charge is 2.18. The van der Waals surface area contributed by atoms with Crippen molar-refractivity contribution in [2.45, 2.75) is 25.8 Å². The molecule has 2 rings (SSSR count). The molecule has 112 valence electrons. The highest BCUT2D eigenvalue weighted by molar-refractivity contribution is 5.52. The molecule has 21 heavy (non-hydrogen) atoms. The number of nitrogens with one attached hydrogen (secondary N) is 1. The molecule has 0 fully saturated rings. The Bertz CT molecular complexity index is 606. The van der Waals surface area contributed by atoms with E-state index >= 15 is 0 Å². The van der Waals surface area contributed by atoms with Gasteiger partial charge in [0.2, 0.25) is 0 Å². The zero-order valence-corrected chi connectivity index (χ0v) is 11.3. The summed E-state index contributed by atoms with van der Waals surface area (Å²) >= 11 is 0. The van der Waals surface area contributed by atoms with E-state index in [-0.39, 0.29) is 11.7 Å². The minimum atomic E-state index is -0.980. The highest BCUT2D eigenvalue weighted by Crippen LogP contribution is 2.25. The molecule has 0 amide bonds. The number of non-ortho nitro benzene ring substituents is 1. The van der Waals surface area contributed by atoms with Gasteiger partial charge in [0, 0.05) is 12.5 Å². The minimum absolute atomic E-state index is 0.222. The van der Waals surface area contributed by atoms with Crippen LogP contribution in [0, 0.1) is 21.7 Å². The Balaban J connectivity index is 2.03. The average Bonchev–Trinajstić information content (AvgIpc) is 2.93. The first kappa shape index (κ1) is 15.0. The summed E-state index contributed by atoms with van der Waals surface area (Å²) in [7, 11) is 0. The van der Waals surface area contributed by atoms with Gasteiger partial charge in [0.15, 0.2) is 11.6 Å². The molecule has 0 aliphatic heterocycles. The molecule has 0 saturated heterocycles. The van der Waals surface area contributed by atoms with Crippen LogP contribution in [0.15, 0.2) is 34.9 Å². The van der Waals surface area contributed by atoms with Gasteiger partial charge in [-0.1, -0.05) is 0 Å². The Morgan fingerprint density at radius 2 is 2.05 bits per heavy atom. The normalized spacial score (nSPS) is 12.1. The molecule has 1 unspecified atom stereocenters. The molecule has 5 nitrogen and oxygen atoms in total. The van der Waals surface area contributed by atoms with Crippen molar-refractivity contribution in [1.29, 1.82) is 0 Å². The van der Waals surface area contributed by atoms with E-state index in [2.05, 4.69) is 5.32 Å². The minimum Gasteiger partial charge on any atom is -0.469 e. The lowest BCUT2D eigenvalue weighted by Crippen LogP contribution is -2.18. The van der Waals surface area contributed by atoms with Gasteiger partial charge >= 0.3 is 0 Å². The third kappa shape index (κ3) is 3.77. The number of hydrogen-bond acceptors (Lipinski definition) is 4. The van der Waals surface area contributed by atoms with Crippen molar-refractivity contribution < 1.29 is 18.1 Å². The van der Waals surface area contributed by atoms with Crippen LogP contribution in [0.25, 0.3) is 0 Å². The predicted molar refractivity (Wildman–Crippen MR) is 73.1 cm³/mol. The lowest BCUT2D eigenvalue weighted by molar-refractivity contribution is -0.385. The van der Waals surface area contributed by atoms with Crippen molar-refractivity contribution in [1.82, 2.24) is 0 Å². The van der Waals surface area contributed by atoms with E-state index in [0.29, 0.717) is 25.0 Å². The highest BCUT2D eigenvalue weighted by atomic mass is 19.1. The summed E-state index contributed by atoms with van der Waals surface area (Å²) in [5.74, 6) is -1.17. The van der Waals surface area contributed by atoms with Gasteiger partial charge in [-0.25, -0.2) is 8.78 Å². The number of aryl methyl sites for hydroxylation is 1. The summed E-state index contributed by atoms with van der Waals surface area (Å²) in [4.78, 5) is 9.68. The number of anilines is 1. The second kappa shape index (κ2) is 6.34. The lowest BCUT2D eigenvalue weighted by Gasteiger charge is -2.15. The van der Waals surface area contributed by atoms with Crippen LogP contribution >= 0.6 is 0 Å². The summed E-state index contributed by atoms with van der Waals surface area (Å²) in [6.45, 7) is 1.77. The van der Waals surface area contributed by atoms with E-state index in [0.717, 1.165) is 5.76 Å². The monoisotopic (exact) mass is 296 g/mol. The van der Waals surface area contributed by atoms with Gasteiger partial charge in [-0.2, -0.15) is 0 Å². The molecule has 0 bridgehead atoms. The molecule has 1 heterocycles. The van der Waals surface area contributed by atoms with Gasteiger partial charge < -0.3 is 9.73 Å². The molecule has 0 aliphatic rings. The second-order valence-electron chi connectivity index (χ2n) is 4.70. The summed E-state index contributed by atoms with van der Waals surface area (Å²) < 4.78 is 32.6. The van der Waals surface area contributed by atoms with E-state index in [4.69, 9.17) is 4.42 Å². The number of furan rings is 1. The molecule has 2 aromatic rings. The van der Waals surface area contributed by atoms with Gasteiger partial charge in [-0.15, -0.1) is 0 Å². The largest absolute Gasteiger partial charge is 0.469 e. The van der Waals surface area contributed by atoms with Crippen LogP contribution in [0.3, 0.4) is 0 Å². The van der Waals surface area contributed by atoms with Crippen LogP contribution in [0.4, 0.5) is 20.2 Å². The molecule has 1 aromatic heterocycles. The number of hydrogen-bond donors (Lipinski definition) is 1. The average molecular weight is 296 g/mol. The first-order valence-corrected chi connectivity index (χ1v) is 6.39. The molecule has 0 saturated carbocycles. The zero-order valence-electron chi connectivity index (χ0n) is 11.3. The van der Waals surface area contributed by atoms with Crippen LogP contribution in [-0.4, -0.2) is 11.0 Å². The van der Waals surface area contributed by atoms with Gasteiger partial charge in [-0.05, 0) is 25.5 Å². The number of benzene rings is 1. The van der Waals surface area contributed by atoms with Gasteiger partial charge in [0.1, 0.15) is 11.4 Å². The van der Waals surface area contributed by atoms with Crippen LogP contribution < -0.4 is 5.32 Å². The number of halogens is 2. The Morgan fingerprint density at radius 3 is 2.57 bits per heavy atom. The van der Waals surface area contributed by atoms with E-state index < -0.39 is 22.2 Å². The van der Waals surface area contributed by atoms with Crippen LogP contribution in [-0.2, 0) is 6.42 Å². The predicted octanol–water partition coefficient (Wildman–Crippen LogP) is 3.90. The first-order valence-electron chi connectivity index (χ1n) is 6.39. The standard InChI is InChI=1S/C14H14F2N2O3/c1-9(4-5-11-3-2-6-21-11)17-14-12(15)7-10(18(19)20)8-13(14)16/h2-3,6-9,17H,4-5H2,1H3. The fraction of sp³-hybridized carbons (Fsp3) is 0.286. The maximum Gasteiger partial charge on any atom is 0.275 e.